The number of halogens is 4. The molecule has 3 atom stereocenters. The van der Waals surface area contributed by atoms with Crippen LogP contribution in [-0.4, -0.2) is 29.6 Å². The monoisotopic (exact) mass is 432 g/mol. The van der Waals surface area contributed by atoms with Gasteiger partial charge in [0.15, 0.2) is 0 Å². The van der Waals surface area contributed by atoms with Gasteiger partial charge in [-0.15, -0.1) is 0 Å². The highest BCUT2D eigenvalue weighted by atomic mass is 35.5. The van der Waals surface area contributed by atoms with Gasteiger partial charge >= 0.3 is 23.6 Å². The van der Waals surface area contributed by atoms with Gasteiger partial charge in [-0.3, -0.25) is 4.79 Å². The molecular weight excluding hydrogens is 417 g/mol. The van der Waals surface area contributed by atoms with Gasteiger partial charge in [-0.2, -0.15) is 13.2 Å². The van der Waals surface area contributed by atoms with Gasteiger partial charge in [-0.25, -0.2) is 4.79 Å². The van der Waals surface area contributed by atoms with Crippen molar-refractivity contribution in [1.82, 2.24) is 0 Å². The summed E-state index contributed by atoms with van der Waals surface area (Å²) in [6, 6.07) is 6.53. The van der Waals surface area contributed by atoms with Crippen LogP contribution in [0.15, 0.2) is 39.5 Å². The average Bonchev–Trinajstić information content (AvgIpc) is 2.60. The van der Waals surface area contributed by atoms with Gasteiger partial charge in [0.1, 0.15) is 17.4 Å². The normalized spacial score (nSPS) is 23.8. The maximum absolute atomic E-state index is 13.9. The zero-order valence-electron chi connectivity index (χ0n) is 15.2. The van der Waals surface area contributed by atoms with Gasteiger partial charge in [0.05, 0.1) is 12.2 Å². The number of hydrogen-bond acceptors (Lipinski definition) is 6. The standard InChI is InChI=1S/C19H16ClF3O6/c1-3-27-17(25)15-13(10-4-6-11(20)7-5-10)14-12(8-9(2)28-16(14)24)29-18(15,26)19(21,22)23/h4-8,13,15,26H,3H2,1-2H3. The van der Waals surface area contributed by atoms with Crippen LogP contribution in [0.1, 0.15) is 29.7 Å². The molecule has 0 saturated heterocycles. The second-order valence-electron chi connectivity index (χ2n) is 6.48. The van der Waals surface area contributed by atoms with E-state index in [0.29, 0.717) is 0 Å². The number of alkyl halides is 3. The maximum atomic E-state index is 13.9. The fraction of sp³-hybridized carbons (Fsp3) is 0.368. The molecule has 0 fully saturated rings. The molecule has 3 rings (SSSR count). The summed E-state index contributed by atoms with van der Waals surface area (Å²) < 4.78 is 56.4. The Hall–Kier alpha value is -2.52. The topological polar surface area (TPSA) is 86.0 Å². The summed E-state index contributed by atoms with van der Waals surface area (Å²) in [5, 5.41) is 10.9. The number of aryl methyl sites for hydroxylation is 1. The lowest BCUT2D eigenvalue weighted by atomic mass is 9.74. The third kappa shape index (κ3) is 3.60. The summed E-state index contributed by atoms with van der Waals surface area (Å²) in [5.74, 6) is -9.74. The van der Waals surface area contributed by atoms with Gasteiger partial charge in [-0.05, 0) is 31.5 Å². The zero-order valence-corrected chi connectivity index (χ0v) is 16.0. The SMILES string of the molecule is CCOC(=O)C1C(c2ccc(Cl)cc2)c2c(cc(C)oc2=O)OC1(O)C(F)(F)F. The van der Waals surface area contributed by atoms with Gasteiger partial charge in [0, 0.05) is 17.0 Å². The molecule has 29 heavy (non-hydrogen) atoms. The lowest BCUT2D eigenvalue weighted by Crippen LogP contribution is -2.62. The Balaban J connectivity index is 2.36. The molecule has 1 N–H and O–H groups in total. The van der Waals surface area contributed by atoms with Gasteiger partial charge < -0.3 is 19.0 Å². The summed E-state index contributed by atoms with van der Waals surface area (Å²) in [5.41, 5.74) is -1.20. The van der Waals surface area contributed by atoms with E-state index in [4.69, 9.17) is 25.5 Å². The van der Waals surface area contributed by atoms with Crippen LogP contribution in [0.5, 0.6) is 5.75 Å². The van der Waals surface area contributed by atoms with E-state index in [2.05, 4.69) is 0 Å². The van der Waals surface area contributed by atoms with Crippen molar-refractivity contribution < 1.29 is 37.0 Å². The van der Waals surface area contributed by atoms with E-state index < -0.39 is 41.1 Å². The van der Waals surface area contributed by atoms with Gasteiger partial charge in [0.25, 0.3) is 0 Å². The predicted octanol–water partition coefficient (Wildman–Crippen LogP) is 3.56. The fourth-order valence-corrected chi connectivity index (χ4v) is 3.50. The van der Waals surface area contributed by atoms with E-state index in [1.807, 2.05) is 0 Å². The first-order valence-electron chi connectivity index (χ1n) is 8.54. The van der Waals surface area contributed by atoms with Gasteiger partial charge in [0.2, 0.25) is 0 Å². The molecule has 1 aromatic carbocycles. The Bertz CT molecular complexity index is 985. The summed E-state index contributed by atoms with van der Waals surface area (Å²) in [7, 11) is 0. The zero-order chi connectivity index (χ0) is 21.6. The Morgan fingerprint density at radius 1 is 1.31 bits per heavy atom. The third-order valence-corrected chi connectivity index (χ3v) is 4.83. The van der Waals surface area contributed by atoms with Crippen molar-refractivity contribution >= 4 is 17.6 Å². The number of ether oxygens (including phenoxy) is 2. The van der Waals surface area contributed by atoms with Crippen LogP contribution in [0, 0.1) is 12.8 Å². The quantitative estimate of drug-likeness (QED) is 0.746. The molecule has 156 valence electrons. The molecule has 0 radical (unpaired) electrons. The number of fused-ring (bicyclic) bond motifs is 1. The van der Waals surface area contributed by atoms with Crippen LogP contribution in [0.4, 0.5) is 13.2 Å². The smallest absolute Gasteiger partial charge is 0.456 e. The van der Waals surface area contributed by atoms with Crippen LogP contribution in [0.3, 0.4) is 0 Å². The van der Waals surface area contributed by atoms with Crippen LogP contribution in [-0.2, 0) is 9.53 Å². The van der Waals surface area contributed by atoms with Crippen molar-refractivity contribution in [3.63, 3.8) is 0 Å². The first-order valence-corrected chi connectivity index (χ1v) is 8.92. The van der Waals surface area contributed by atoms with Crippen molar-refractivity contribution in [2.45, 2.75) is 31.7 Å². The van der Waals surface area contributed by atoms with E-state index in [-0.39, 0.29) is 28.5 Å². The van der Waals surface area contributed by atoms with Crippen molar-refractivity contribution in [3.05, 3.63) is 62.7 Å². The third-order valence-electron chi connectivity index (χ3n) is 4.58. The molecule has 10 heteroatoms. The Morgan fingerprint density at radius 2 is 1.93 bits per heavy atom. The average molecular weight is 433 g/mol. The first kappa shape index (κ1) is 21.2. The number of carbonyl (C=O) groups is 1. The molecule has 2 heterocycles. The van der Waals surface area contributed by atoms with Crippen molar-refractivity contribution in [3.8, 4) is 5.75 Å². The molecule has 6 nitrogen and oxygen atoms in total. The highest BCUT2D eigenvalue weighted by molar-refractivity contribution is 6.30. The summed E-state index contributed by atoms with van der Waals surface area (Å²) in [4.78, 5) is 25.1. The summed E-state index contributed by atoms with van der Waals surface area (Å²) >= 11 is 5.85. The first-order chi connectivity index (χ1) is 13.5. The number of rotatable bonds is 3. The van der Waals surface area contributed by atoms with Gasteiger partial charge in [-0.1, -0.05) is 23.7 Å². The Morgan fingerprint density at radius 3 is 2.48 bits per heavy atom. The van der Waals surface area contributed by atoms with Crippen molar-refractivity contribution in [1.29, 1.82) is 0 Å². The number of aliphatic hydroxyl groups is 1. The molecule has 1 aliphatic heterocycles. The molecule has 0 amide bonds. The molecule has 0 bridgehead atoms. The summed E-state index contributed by atoms with van der Waals surface area (Å²) in [6.45, 7) is 2.50. The van der Waals surface area contributed by atoms with Crippen LogP contribution in [0.25, 0.3) is 0 Å². The maximum Gasteiger partial charge on any atom is 0.456 e. The number of benzene rings is 1. The van der Waals surface area contributed by atoms with Crippen LogP contribution < -0.4 is 10.4 Å². The Kier molecular flexibility index (Phi) is 5.40. The van der Waals surface area contributed by atoms with E-state index in [0.717, 1.165) is 6.07 Å². The molecule has 0 aliphatic carbocycles. The number of esters is 1. The minimum atomic E-state index is -5.38. The molecule has 2 aromatic rings. The second kappa shape index (κ2) is 7.38. The number of hydrogen-bond donors (Lipinski definition) is 1. The van der Waals surface area contributed by atoms with E-state index in [9.17, 15) is 27.9 Å². The van der Waals surface area contributed by atoms with E-state index >= 15 is 0 Å². The molecule has 0 spiro atoms. The molecule has 0 saturated carbocycles. The Labute approximate surface area is 167 Å². The van der Waals surface area contributed by atoms with E-state index in [1.54, 1.807) is 0 Å². The van der Waals surface area contributed by atoms with Crippen molar-refractivity contribution in [2.75, 3.05) is 6.61 Å². The molecule has 1 aromatic heterocycles. The predicted molar refractivity (Wildman–Crippen MR) is 94.8 cm³/mol. The lowest BCUT2D eigenvalue weighted by Gasteiger charge is -2.43. The minimum absolute atomic E-state index is 0.0253. The molecular formula is C19H16ClF3O6. The fourth-order valence-electron chi connectivity index (χ4n) is 3.37. The van der Waals surface area contributed by atoms with Crippen LogP contribution >= 0.6 is 11.6 Å². The largest absolute Gasteiger partial charge is 0.466 e. The second-order valence-corrected chi connectivity index (χ2v) is 6.91. The van der Waals surface area contributed by atoms with E-state index in [1.165, 1.54) is 38.1 Å². The molecule has 1 aliphatic rings. The lowest BCUT2D eigenvalue weighted by molar-refractivity contribution is -0.359. The van der Waals surface area contributed by atoms with Crippen LogP contribution in [0.2, 0.25) is 5.02 Å². The number of carbonyl (C=O) groups excluding carboxylic acids is 1. The summed E-state index contributed by atoms with van der Waals surface area (Å²) in [6.07, 6.45) is -5.38. The highest BCUT2D eigenvalue weighted by Crippen LogP contribution is 2.52. The minimum Gasteiger partial charge on any atom is -0.466 e. The molecule has 3 unspecified atom stereocenters. The highest BCUT2D eigenvalue weighted by Gasteiger charge is 2.69. The van der Waals surface area contributed by atoms with Crippen molar-refractivity contribution in [2.24, 2.45) is 5.92 Å².